The molecule has 156 valence electrons. The maximum Gasteiger partial charge on any atom is 0.174 e. The summed E-state index contributed by atoms with van der Waals surface area (Å²) in [5.41, 5.74) is 3.09. The quantitative estimate of drug-likeness (QED) is 0.631. The van der Waals surface area contributed by atoms with Crippen LogP contribution in [-0.4, -0.2) is 37.4 Å². The van der Waals surface area contributed by atoms with Gasteiger partial charge in [0.15, 0.2) is 16.6 Å². The van der Waals surface area contributed by atoms with Crippen molar-refractivity contribution in [1.82, 2.24) is 4.90 Å². The summed E-state index contributed by atoms with van der Waals surface area (Å²) in [6, 6.07) is 12.4. The zero-order valence-corrected chi connectivity index (χ0v) is 18.5. The van der Waals surface area contributed by atoms with Gasteiger partial charge in [-0.1, -0.05) is 31.0 Å². The molecule has 0 bridgehead atoms. The zero-order valence-electron chi connectivity index (χ0n) is 17.7. The van der Waals surface area contributed by atoms with E-state index in [1.165, 1.54) is 12.8 Å². The van der Waals surface area contributed by atoms with Gasteiger partial charge in [-0.15, -0.1) is 0 Å². The number of ether oxygens (including phenoxy) is 3. The minimum Gasteiger partial charge on any atom is -0.495 e. The number of thiocarbonyl (C=S) groups is 1. The van der Waals surface area contributed by atoms with E-state index in [2.05, 4.69) is 29.3 Å². The molecule has 0 saturated heterocycles. The Balaban J connectivity index is 1.88. The van der Waals surface area contributed by atoms with Gasteiger partial charge in [-0.05, 0) is 55.7 Å². The number of aryl methyl sites for hydroxylation is 1. The van der Waals surface area contributed by atoms with Crippen LogP contribution >= 0.6 is 12.2 Å². The van der Waals surface area contributed by atoms with Gasteiger partial charge in [-0.3, -0.25) is 0 Å². The van der Waals surface area contributed by atoms with Crippen LogP contribution in [0.1, 0.15) is 36.8 Å². The molecule has 0 aromatic heterocycles. The highest BCUT2D eigenvalue weighted by atomic mass is 32.1. The number of anilines is 1. The SMILES string of the molecule is COc1ccc(C)cc1NC(=S)N(Cc1cccc(OC)c1OC)C1CCCC1. The number of hydrogen-bond donors (Lipinski definition) is 1. The van der Waals surface area contributed by atoms with Crippen molar-refractivity contribution in [2.75, 3.05) is 26.6 Å². The van der Waals surface area contributed by atoms with E-state index < -0.39 is 0 Å². The summed E-state index contributed by atoms with van der Waals surface area (Å²) in [5, 5.41) is 4.13. The van der Waals surface area contributed by atoms with Crippen LogP contribution in [0.3, 0.4) is 0 Å². The van der Waals surface area contributed by atoms with Crippen molar-refractivity contribution in [3.63, 3.8) is 0 Å². The summed E-state index contributed by atoms with van der Waals surface area (Å²) in [5.74, 6) is 2.27. The first-order chi connectivity index (χ1) is 14.1. The first-order valence-electron chi connectivity index (χ1n) is 9.99. The molecule has 0 radical (unpaired) electrons. The molecule has 5 nitrogen and oxygen atoms in total. The van der Waals surface area contributed by atoms with Gasteiger partial charge in [0.2, 0.25) is 0 Å². The molecule has 0 aliphatic heterocycles. The Morgan fingerprint density at radius 2 is 1.76 bits per heavy atom. The Morgan fingerprint density at radius 1 is 1.03 bits per heavy atom. The van der Waals surface area contributed by atoms with Gasteiger partial charge in [0.05, 0.1) is 27.0 Å². The average Bonchev–Trinajstić information content (AvgIpc) is 3.26. The third-order valence-corrected chi connectivity index (χ3v) is 5.78. The maximum absolute atomic E-state index is 5.87. The largest absolute Gasteiger partial charge is 0.495 e. The first kappa shape index (κ1) is 21.2. The molecule has 1 N–H and O–H groups in total. The predicted molar refractivity (Wildman–Crippen MR) is 121 cm³/mol. The van der Waals surface area contributed by atoms with E-state index in [1.807, 2.05) is 24.3 Å². The number of nitrogens with one attached hydrogen (secondary N) is 1. The number of hydrogen-bond acceptors (Lipinski definition) is 4. The summed E-state index contributed by atoms with van der Waals surface area (Å²) < 4.78 is 16.6. The molecule has 0 heterocycles. The topological polar surface area (TPSA) is 43.0 Å². The average molecular weight is 415 g/mol. The van der Waals surface area contributed by atoms with Gasteiger partial charge in [0.25, 0.3) is 0 Å². The predicted octanol–water partition coefficient (Wildman–Crippen LogP) is 5.16. The van der Waals surface area contributed by atoms with Crippen molar-refractivity contribution < 1.29 is 14.2 Å². The molecule has 2 aromatic rings. The Morgan fingerprint density at radius 3 is 2.41 bits per heavy atom. The van der Waals surface area contributed by atoms with Gasteiger partial charge in [0, 0.05) is 18.2 Å². The van der Waals surface area contributed by atoms with Crippen molar-refractivity contribution >= 4 is 23.0 Å². The van der Waals surface area contributed by atoms with Crippen molar-refractivity contribution in [3.8, 4) is 17.2 Å². The van der Waals surface area contributed by atoms with Gasteiger partial charge >= 0.3 is 0 Å². The molecular weight excluding hydrogens is 384 g/mol. The van der Waals surface area contributed by atoms with Gasteiger partial charge in [-0.25, -0.2) is 0 Å². The van der Waals surface area contributed by atoms with Gasteiger partial charge in [0.1, 0.15) is 5.75 Å². The summed E-state index contributed by atoms with van der Waals surface area (Å²) in [6.45, 7) is 2.72. The second-order valence-electron chi connectivity index (χ2n) is 7.35. The molecule has 1 saturated carbocycles. The van der Waals surface area contributed by atoms with Gasteiger partial charge in [-0.2, -0.15) is 0 Å². The second kappa shape index (κ2) is 9.83. The maximum atomic E-state index is 5.87. The molecule has 3 rings (SSSR count). The monoisotopic (exact) mass is 414 g/mol. The minimum absolute atomic E-state index is 0.404. The van der Waals surface area contributed by atoms with E-state index in [1.54, 1.807) is 21.3 Å². The van der Waals surface area contributed by atoms with Crippen LogP contribution in [0.15, 0.2) is 36.4 Å². The van der Waals surface area contributed by atoms with Crippen molar-refractivity contribution in [2.45, 2.75) is 45.2 Å². The van der Waals surface area contributed by atoms with Gasteiger partial charge < -0.3 is 24.4 Å². The number of methoxy groups -OCH3 is 3. The lowest BCUT2D eigenvalue weighted by Gasteiger charge is -2.32. The molecule has 0 amide bonds. The summed E-state index contributed by atoms with van der Waals surface area (Å²) >= 11 is 5.87. The summed E-state index contributed by atoms with van der Waals surface area (Å²) in [7, 11) is 5.01. The Hall–Kier alpha value is -2.47. The van der Waals surface area contributed by atoms with E-state index >= 15 is 0 Å². The fraction of sp³-hybridized carbons (Fsp3) is 0.435. The molecule has 2 aromatic carbocycles. The smallest absolute Gasteiger partial charge is 0.174 e. The summed E-state index contributed by atoms with van der Waals surface area (Å²) in [4.78, 5) is 2.28. The molecule has 0 atom stereocenters. The van der Waals surface area contributed by atoms with Crippen LogP contribution in [0.2, 0.25) is 0 Å². The molecule has 0 unspecified atom stereocenters. The van der Waals surface area contributed by atoms with Crippen LogP contribution in [0.4, 0.5) is 5.69 Å². The molecule has 1 fully saturated rings. The highest BCUT2D eigenvalue weighted by Gasteiger charge is 2.26. The van der Waals surface area contributed by atoms with E-state index in [-0.39, 0.29) is 0 Å². The minimum atomic E-state index is 0.404. The van der Waals surface area contributed by atoms with Crippen molar-refractivity contribution in [2.24, 2.45) is 0 Å². The number of para-hydroxylation sites is 1. The third kappa shape index (κ3) is 4.93. The fourth-order valence-electron chi connectivity index (χ4n) is 3.95. The first-order valence-corrected chi connectivity index (χ1v) is 10.4. The van der Waals surface area contributed by atoms with Crippen LogP contribution < -0.4 is 19.5 Å². The number of rotatable bonds is 7. The molecule has 29 heavy (non-hydrogen) atoms. The Kier molecular flexibility index (Phi) is 7.20. The third-order valence-electron chi connectivity index (χ3n) is 5.45. The van der Waals surface area contributed by atoms with E-state index in [0.717, 1.165) is 46.9 Å². The standard InChI is InChI=1S/C23H30N2O3S/c1-16-12-13-20(26-2)19(14-16)24-23(29)25(18-9-5-6-10-18)15-17-8-7-11-21(27-3)22(17)28-4/h7-8,11-14,18H,5-6,9-10,15H2,1-4H3,(H,24,29). The Bertz CT molecular complexity index is 850. The summed E-state index contributed by atoms with van der Waals surface area (Å²) in [6.07, 6.45) is 4.73. The normalized spacial score (nSPS) is 13.8. The van der Waals surface area contributed by atoms with Crippen LogP contribution in [-0.2, 0) is 6.54 Å². The fourth-order valence-corrected chi connectivity index (χ4v) is 4.27. The zero-order chi connectivity index (χ0) is 20.8. The van der Waals surface area contributed by atoms with Crippen molar-refractivity contribution in [1.29, 1.82) is 0 Å². The lowest BCUT2D eigenvalue weighted by atomic mass is 10.1. The van der Waals surface area contributed by atoms with Crippen LogP contribution in [0, 0.1) is 6.92 Å². The number of nitrogens with zero attached hydrogens (tertiary/aromatic N) is 1. The molecular formula is C23H30N2O3S. The second-order valence-corrected chi connectivity index (χ2v) is 7.74. The van der Waals surface area contributed by atoms with Crippen LogP contribution in [0.25, 0.3) is 0 Å². The lowest BCUT2D eigenvalue weighted by Crippen LogP contribution is -2.41. The highest BCUT2D eigenvalue weighted by molar-refractivity contribution is 7.80. The molecule has 1 aliphatic rings. The molecule has 1 aliphatic carbocycles. The molecule has 6 heteroatoms. The van der Waals surface area contributed by atoms with E-state index in [9.17, 15) is 0 Å². The van der Waals surface area contributed by atoms with Crippen LogP contribution in [0.5, 0.6) is 17.2 Å². The lowest BCUT2D eigenvalue weighted by molar-refractivity contribution is 0.300. The van der Waals surface area contributed by atoms with E-state index in [4.69, 9.17) is 26.4 Å². The van der Waals surface area contributed by atoms with E-state index in [0.29, 0.717) is 17.7 Å². The molecule has 0 spiro atoms. The highest BCUT2D eigenvalue weighted by Crippen LogP contribution is 2.34. The number of benzene rings is 2. The Labute approximate surface area is 179 Å². The van der Waals surface area contributed by atoms with Crippen molar-refractivity contribution in [3.05, 3.63) is 47.5 Å².